The van der Waals surface area contributed by atoms with Crippen molar-refractivity contribution in [2.24, 2.45) is 0 Å². The van der Waals surface area contributed by atoms with E-state index in [0.717, 1.165) is 29.8 Å². The van der Waals surface area contributed by atoms with Gasteiger partial charge in [-0.3, -0.25) is 4.79 Å². The predicted molar refractivity (Wildman–Crippen MR) is 81.9 cm³/mol. The average molecular weight is 320 g/mol. The number of para-hydroxylation sites is 1. The standard InChI is InChI=1S/C17H15F3N2O/c1-10-8-11-4-2-3-5-14(11)22(10)9-15(23)21-13-7-6-12(18)16(19)17(13)20/h2-7,10H,8-9H2,1H3,(H,21,23)/t10-/m1/s1. The van der Waals surface area contributed by atoms with Gasteiger partial charge < -0.3 is 10.2 Å². The molecular formula is C17H15F3N2O. The molecule has 2 aromatic carbocycles. The Hall–Kier alpha value is -2.50. The minimum atomic E-state index is -1.59. The molecule has 0 radical (unpaired) electrons. The second kappa shape index (κ2) is 5.95. The molecule has 120 valence electrons. The van der Waals surface area contributed by atoms with Crippen LogP contribution in [0.1, 0.15) is 12.5 Å². The number of carbonyl (C=O) groups is 1. The quantitative estimate of drug-likeness (QED) is 0.878. The van der Waals surface area contributed by atoms with E-state index in [1.165, 1.54) is 0 Å². The maximum absolute atomic E-state index is 13.6. The molecule has 0 bridgehead atoms. The highest BCUT2D eigenvalue weighted by molar-refractivity contribution is 5.94. The Bertz CT molecular complexity index is 763. The maximum atomic E-state index is 13.6. The van der Waals surface area contributed by atoms with Gasteiger partial charge in [0.05, 0.1) is 12.2 Å². The third-order valence-corrected chi connectivity index (χ3v) is 3.97. The molecule has 1 aliphatic heterocycles. The van der Waals surface area contributed by atoms with E-state index in [0.29, 0.717) is 0 Å². The van der Waals surface area contributed by atoms with Crippen molar-refractivity contribution in [3.8, 4) is 0 Å². The Balaban J connectivity index is 1.75. The molecule has 1 atom stereocenters. The number of carbonyl (C=O) groups excluding carboxylic acids is 1. The van der Waals surface area contributed by atoms with Crippen LogP contribution < -0.4 is 10.2 Å². The minimum Gasteiger partial charge on any atom is -0.359 e. The lowest BCUT2D eigenvalue weighted by atomic mass is 10.1. The summed E-state index contributed by atoms with van der Waals surface area (Å²) in [5.41, 5.74) is 1.74. The number of anilines is 2. The fourth-order valence-corrected chi connectivity index (χ4v) is 2.84. The topological polar surface area (TPSA) is 32.3 Å². The van der Waals surface area contributed by atoms with Crippen LogP contribution in [-0.2, 0) is 11.2 Å². The smallest absolute Gasteiger partial charge is 0.243 e. The zero-order chi connectivity index (χ0) is 16.6. The summed E-state index contributed by atoms with van der Waals surface area (Å²) < 4.78 is 39.7. The van der Waals surface area contributed by atoms with Crippen LogP contribution in [0.25, 0.3) is 0 Å². The summed E-state index contributed by atoms with van der Waals surface area (Å²) in [6, 6.07) is 9.66. The third kappa shape index (κ3) is 2.88. The fraction of sp³-hybridized carbons (Fsp3) is 0.235. The lowest BCUT2D eigenvalue weighted by Crippen LogP contribution is -2.37. The highest BCUT2D eigenvalue weighted by Gasteiger charge is 2.27. The van der Waals surface area contributed by atoms with Gasteiger partial charge in [0.1, 0.15) is 0 Å². The first kappa shape index (κ1) is 15.4. The van der Waals surface area contributed by atoms with Crippen LogP contribution in [0, 0.1) is 17.5 Å². The van der Waals surface area contributed by atoms with Crippen LogP contribution in [0.15, 0.2) is 36.4 Å². The van der Waals surface area contributed by atoms with E-state index in [1.807, 2.05) is 36.1 Å². The van der Waals surface area contributed by atoms with Gasteiger partial charge in [0.25, 0.3) is 0 Å². The molecule has 0 aliphatic carbocycles. The van der Waals surface area contributed by atoms with E-state index in [2.05, 4.69) is 5.32 Å². The Morgan fingerprint density at radius 3 is 2.70 bits per heavy atom. The van der Waals surface area contributed by atoms with Crippen molar-refractivity contribution >= 4 is 17.3 Å². The summed E-state index contributed by atoms with van der Waals surface area (Å²) in [6.07, 6.45) is 0.822. The normalized spacial score (nSPS) is 16.3. The molecular weight excluding hydrogens is 305 g/mol. The third-order valence-electron chi connectivity index (χ3n) is 3.97. The molecule has 1 amide bonds. The largest absolute Gasteiger partial charge is 0.359 e. The molecule has 1 heterocycles. The first-order chi connectivity index (χ1) is 11.0. The van der Waals surface area contributed by atoms with Crippen molar-refractivity contribution in [1.82, 2.24) is 0 Å². The Labute approximate surface area is 131 Å². The van der Waals surface area contributed by atoms with Crippen molar-refractivity contribution in [3.63, 3.8) is 0 Å². The first-order valence-electron chi connectivity index (χ1n) is 7.25. The number of nitrogens with one attached hydrogen (secondary N) is 1. The number of halogens is 3. The van der Waals surface area contributed by atoms with Crippen LogP contribution in [0.4, 0.5) is 24.5 Å². The minimum absolute atomic E-state index is 0.0105. The van der Waals surface area contributed by atoms with E-state index >= 15 is 0 Å². The summed E-state index contributed by atoms with van der Waals surface area (Å²) in [7, 11) is 0. The summed E-state index contributed by atoms with van der Waals surface area (Å²) in [4.78, 5) is 14.0. The summed E-state index contributed by atoms with van der Waals surface area (Å²) >= 11 is 0. The van der Waals surface area contributed by atoms with Crippen molar-refractivity contribution in [2.45, 2.75) is 19.4 Å². The number of benzene rings is 2. The van der Waals surface area contributed by atoms with Gasteiger partial charge >= 0.3 is 0 Å². The number of nitrogens with zero attached hydrogens (tertiary/aromatic N) is 1. The molecule has 0 fully saturated rings. The number of fused-ring (bicyclic) bond motifs is 1. The van der Waals surface area contributed by atoms with Gasteiger partial charge in [-0.25, -0.2) is 13.2 Å². The highest BCUT2D eigenvalue weighted by atomic mass is 19.2. The van der Waals surface area contributed by atoms with E-state index in [-0.39, 0.29) is 18.3 Å². The molecule has 3 nitrogen and oxygen atoms in total. The average Bonchev–Trinajstić information content (AvgIpc) is 2.84. The van der Waals surface area contributed by atoms with Crippen molar-refractivity contribution in [2.75, 3.05) is 16.8 Å². The van der Waals surface area contributed by atoms with Crippen LogP contribution in [-0.4, -0.2) is 18.5 Å². The van der Waals surface area contributed by atoms with Gasteiger partial charge in [-0.2, -0.15) is 0 Å². The Morgan fingerprint density at radius 1 is 1.17 bits per heavy atom. The Kier molecular flexibility index (Phi) is 3.98. The van der Waals surface area contributed by atoms with Crippen molar-refractivity contribution < 1.29 is 18.0 Å². The molecule has 0 aromatic heterocycles. The molecule has 2 aromatic rings. The molecule has 6 heteroatoms. The lowest BCUT2D eigenvalue weighted by molar-refractivity contribution is -0.115. The predicted octanol–water partition coefficient (Wildman–Crippen LogP) is 3.49. The molecule has 0 saturated carbocycles. The van der Waals surface area contributed by atoms with E-state index in [9.17, 15) is 18.0 Å². The fourth-order valence-electron chi connectivity index (χ4n) is 2.84. The molecule has 3 rings (SSSR count). The van der Waals surface area contributed by atoms with E-state index < -0.39 is 23.4 Å². The van der Waals surface area contributed by atoms with Gasteiger partial charge in [-0.05, 0) is 37.1 Å². The summed E-state index contributed by atoms with van der Waals surface area (Å²) in [6.45, 7) is 2.00. The number of rotatable bonds is 3. The molecule has 0 saturated heterocycles. The first-order valence-corrected chi connectivity index (χ1v) is 7.25. The Morgan fingerprint density at radius 2 is 1.91 bits per heavy atom. The van der Waals surface area contributed by atoms with Gasteiger partial charge in [0.15, 0.2) is 17.5 Å². The van der Waals surface area contributed by atoms with Gasteiger partial charge in [0, 0.05) is 11.7 Å². The summed E-state index contributed by atoms with van der Waals surface area (Å²) in [5.74, 6) is -4.77. The van der Waals surface area contributed by atoms with Crippen LogP contribution >= 0.6 is 0 Å². The zero-order valence-electron chi connectivity index (χ0n) is 12.4. The molecule has 23 heavy (non-hydrogen) atoms. The molecule has 1 aliphatic rings. The van der Waals surface area contributed by atoms with Gasteiger partial charge in [0.2, 0.25) is 5.91 Å². The molecule has 1 N–H and O–H groups in total. The molecule has 0 spiro atoms. The zero-order valence-corrected chi connectivity index (χ0v) is 12.4. The van der Waals surface area contributed by atoms with Crippen LogP contribution in [0.3, 0.4) is 0 Å². The second-order valence-corrected chi connectivity index (χ2v) is 5.58. The lowest BCUT2D eigenvalue weighted by Gasteiger charge is -2.24. The number of amides is 1. The second-order valence-electron chi connectivity index (χ2n) is 5.58. The highest BCUT2D eigenvalue weighted by Crippen LogP contribution is 2.31. The summed E-state index contributed by atoms with van der Waals surface area (Å²) in [5, 5.41) is 2.29. The SMILES string of the molecule is C[C@@H]1Cc2ccccc2N1CC(=O)Nc1ccc(F)c(F)c1F. The van der Waals surface area contributed by atoms with Gasteiger partial charge in [-0.1, -0.05) is 18.2 Å². The molecule has 0 unspecified atom stereocenters. The van der Waals surface area contributed by atoms with Crippen molar-refractivity contribution in [1.29, 1.82) is 0 Å². The maximum Gasteiger partial charge on any atom is 0.243 e. The van der Waals surface area contributed by atoms with Gasteiger partial charge in [-0.15, -0.1) is 0 Å². The van der Waals surface area contributed by atoms with E-state index in [1.54, 1.807) is 0 Å². The van der Waals surface area contributed by atoms with Crippen LogP contribution in [0.5, 0.6) is 0 Å². The van der Waals surface area contributed by atoms with E-state index in [4.69, 9.17) is 0 Å². The van der Waals surface area contributed by atoms with Crippen molar-refractivity contribution in [3.05, 3.63) is 59.4 Å². The number of hydrogen-bond acceptors (Lipinski definition) is 2. The number of hydrogen-bond donors (Lipinski definition) is 1. The van der Waals surface area contributed by atoms with Crippen LogP contribution in [0.2, 0.25) is 0 Å². The monoisotopic (exact) mass is 320 g/mol.